The fourth-order valence-corrected chi connectivity index (χ4v) is 3.02. The summed E-state index contributed by atoms with van der Waals surface area (Å²) in [4.78, 5) is 18.6. The number of hydrogen-bond acceptors (Lipinski definition) is 4. The van der Waals surface area contributed by atoms with E-state index in [0.717, 1.165) is 39.3 Å². The van der Waals surface area contributed by atoms with Crippen molar-refractivity contribution >= 4 is 11.7 Å². The normalized spacial score (nSPS) is 15.2. The summed E-state index contributed by atoms with van der Waals surface area (Å²) < 4.78 is 40.4. The highest BCUT2D eigenvalue weighted by molar-refractivity contribution is 5.89. The minimum absolute atomic E-state index is 0.269. The fraction of sp³-hybridized carbons (Fsp3) is 0.450. The molecule has 1 heterocycles. The fourth-order valence-electron chi connectivity index (χ4n) is 3.02. The standard InChI is InChI=1S/C20H27F3N4O2/c1-3-9-25(10-4-2)11-12-26-13-15-27(16-14-26)19(28)24-17-5-7-18(8-6-17)29-20(21,22)23/h3-8H,1-2,9-16H2,(H,24,28). The lowest BCUT2D eigenvalue weighted by atomic mass is 10.3. The highest BCUT2D eigenvalue weighted by atomic mass is 19.4. The van der Waals surface area contributed by atoms with E-state index >= 15 is 0 Å². The second kappa shape index (κ2) is 10.9. The summed E-state index contributed by atoms with van der Waals surface area (Å²) in [6, 6.07) is 4.82. The molecule has 0 spiro atoms. The number of piperazine rings is 1. The van der Waals surface area contributed by atoms with Crippen molar-refractivity contribution in [2.24, 2.45) is 0 Å². The third-order valence-corrected chi connectivity index (χ3v) is 4.51. The minimum atomic E-state index is -4.74. The molecule has 2 rings (SSSR count). The van der Waals surface area contributed by atoms with Crippen molar-refractivity contribution in [1.82, 2.24) is 14.7 Å². The first-order valence-corrected chi connectivity index (χ1v) is 9.39. The van der Waals surface area contributed by atoms with Crippen molar-refractivity contribution in [2.45, 2.75) is 6.36 Å². The molecule has 9 heteroatoms. The number of nitrogens with one attached hydrogen (secondary N) is 1. The van der Waals surface area contributed by atoms with Gasteiger partial charge in [-0.15, -0.1) is 26.3 Å². The van der Waals surface area contributed by atoms with Crippen LogP contribution in [0.25, 0.3) is 0 Å². The van der Waals surface area contributed by atoms with E-state index < -0.39 is 6.36 Å². The van der Waals surface area contributed by atoms with Crippen LogP contribution in [0.2, 0.25) is 0 Å². The van der Waals surface area contributed by atoms with Crippen molar-refractivity contribution < 1.29 is 22.7 Å². The average molecular weight is 412 g/mol. The molecule has 1 N–H and O–H groups in total. The predicted octanol–water partition coefficient (Wildman–Crippen LogP) is 3.41. The molecule has 0 unspecified atom stereocenters. The number of urea groups is 1. The molecule has 1 saturated heterocycles. The first-order chi connectivity index (χ1) is 13.8. The van der Waals surface area contributed by atoms with Gasteiger partial charge < -0.3 is 15.0 Å². The van der Waals surface area contributed by atoms with Crippen molar-refractivity contribution in [3.05, 3.63) is 49.6 Å². The summed E-state index contributed by atoms with van der Waals surface area (Å²) in [5.74, 6) is -0.328. The van der Waals surface area contributed by atoms with Gasteiger partial charge in [0.25, 0.3) is 0 Å². The molecule has 0 atom stereocenters. The molecule has 1 aliphatic rings. The van der Waals surface area contributed by atoms with Crippen LogP contribution >= 0.6 is 0 Å². The van der Waals surface area contributed by atoms with Gasteiger partial charge in [-0.05, 0) is 24.3 Å². The molecule has 1 aromatic rings. The van der Waals surface area contributed by atoms with Crippen LogP contribution in [0.1, 0.15) is 0 Å². The van der Waals surface area contributed by atoms with Gasteiger partial charge in [0.15, 0.2) is 0 Å². The Labute approximate surface area is 169 Å². The number of amides is 2. The van der Waals surface area contributed by atoms with E-state index in [-0.39, 0.29) is 11.8 Å². The van der Waals surface area contributed by atoms with Gasteiger partial charge in [-0.2, -0.15) is 0 Å². The average Bonchev–Trinajstić information content (AvgIpc) is 2.67. The number of nitrogens with zero attached hydrogens (tertiary/aromatic N) is 3. The van der Waals surface area contributed by atoms with Crippen molar-refractivity contribution in [2.75, 3.05) is 57.7 Å². The highest BCUT2D eigenvalue weighted by Gasteiger charge is 2.31. The third-order valence-electron chi connectivity index (χ3n) is 4.51. The van der Waals surface area contributed by atoms with Crippen LogP contribution in [0.5, 0.6) is 5.75 Å². The Hall–Kier alpha value is -2.52. The molecule has 1 aliphatic heterocycles. The zero-order valence-corrected chi connectivity index (χ0v) is 16.3. The Morgan fingerprint density at radius 1 is 1.10 bits per heavy atom. The first-order valence-electron chi connectivity index (χ1n) is 9.39. The second-order valence-corrected chi connectivity index (χ2v) is 6.67. The number of benzene rings is 1. The van der Waals surface area contributed by atoms with E-state index in [0.29, 0.717) is 18.8 Å². The van der Waals surface area contributed by atoms with Gasteiger partial charge in [-0.3, -0.25) is 9.80 Å². The smallest absolute Gasteiger partial charge is 0.406 e. The van der Waals surface area contributed by atoms with E-state index in [9.17, 15) is 18.0 Å². The summed E-state index contributed by atoms with van der Waals surface area (Å²) in [6.45, 7) is 13.6. The number of carbonyl (C=O) groups excluding carboxylic acids is 1. The molecular weight excluding hydrogens is 385 g/mol. The maximum atomic E-state index is 12.4. The number of rotatable bonds is 9. The van der Waals surface area contributed by atoms with Crippen LogP contribution in [0.15, 0.2) is 49.6 Å². The maximum absolute atomic E-state index is 12.4. The van der Waals surface area contributed by atoms with Gasteiger partial charge in [-0.1, -0.05) is 12.2 Å². The molecule has 1 aromatic carbocycles. The zero-order valence-electron chi connectivity index (χ0n) is 16.3. The number of hydrogen-bond donors (Lipinski definition) is 1. The largest absolute Gasteiger partial charge is 0.573 e. The van der Waals surface area contributed by atoms with Gasteiger partial charge in [0.2, 0.25) is 0 Å². The molecule has 0 aromatic heterocycles. The van der Waals surface area contributed by atoms with E-state index in [1.54, 1.807) is 4.90 Å². The van der Waals surface area contributed by atoms with E-state index in [1.807, 2.05) is 12.2 Å². The number of carbonyl (C=O) groups is 1. The molecule has 2 amide bonds. The van der Waals surface area contributed by atoms with E-state index in [2.05, 4.69) is 33.0 Å². The summed E-state index contributed by atoms with van der Waals surface area (Å²) in [6.07, 6.45) is -1.00. The lowest BCUT2D eigenvalue weighted by Crippen LogP contribution is -2.51. The van der Waals surface area contributed by atoms with Crippen LogP contribution in [0, 0.1) is 0 Å². The summed E-state index contributed by atoms with van der Waals surface area (Å²) in [5.41, 5.74) is 0.413. The molecular formula is C20H27F3N4O2. The maximum Gasteiger partial charge on any atom is 0.573 e. The van der Waals surface area contributed by atoms with Crippen LogP contribution in [-0.4, -0.2) is 79.5 Å². The lowest BCUT2D eigenvalue weighted by Gasteiger charge is -2.35. The summed E-state index contributed by atoms with van der Waals surface area (Å²) in [7, 11) is 0. The molecule has 1 fully saturated rings. The van der Waals surface area contributed by atoms with E-state index in [4.69, 9.17) is 0 Å². The van der Waals surface area contributed by atoms with Crippen molar-refractivity contribution in [3.63, 3.8) is 0 Å². The van der Waals surface area contributed by atoms with E-state index in [1.165, 1.54) is 24.3 Å². The van der Waals surface area contributed by atoms with Crippen molar-refractivity contribution in [3.8, 4) is 5.75 Å². The van der Waals surface area contributed by atoms with Gasteiger partial charge in [0.1, 0.15) is 5.75 Å². The third kappa shape index (κ3) is 8.16. The number of anilines is 1. The monoisotopic (exact) mass is 412 g/mol. The minimum Gasteiger partial charge on any atom is -0.406 e. The second-order valence-electron chi connectivity index (χ2n) is 6.67. The Balaban J connectivity index is 1.75. The van der Waals surface area contributed by atoms with Crippen LogP contribution < -0.4 is 10.1 Å². The molecule has 0 radical (unpaired) electrons. The Morgan fingerprint density at radius 2 is 1.69 bits per heavy atom. The number of alkyl halides is 3. The number of halogens is 3. The lowest BCUT2D eigenvalue weighted by molar-refractivity contribution is -0.274. The highest BCUT2D eigenvalue weighted by Crippen LogP contribution is 2.24. The zero-order chi connectivity index (χ0) is 21.3. The molecule has 0 bridgehead atoms. The van der Waals surface area contributed by atoms with Gasteiger partial charge in [-0.25, -0.2) is 4.79 Å². The molecule has 0 aliphatic carbocycles. The quantitative estimate of drug-likeness (QED) is 0.632. The first kappa shape index (κ1) is 22.8. The molecule has 0 saturated carbocycles. The van der Waals surface area contributed by atoms with Gasteiger partial charge in [0.05, 0.1) is 0 Å². The Kier molecular flexibility index (Phi) is 8.53. The topological polar surface area (TPSA) is 48.0 Å². The predicted molar refractivity (Wildman–Crippen MR) is 107 cm³/mol. The van der Waals surface area contributed by atoms with Crippen LogP contribution in [0.4, 0.5) is 23.7 Å². The van der Waals surface area contributed by atoms with Crippen molar-refractivity contribution in [1.29, 1.82) is 0 Å². The van der Waals surface area contributed by atoms with Crippen LogP contribution in [-0.2, 0) is 0 Å². The molecule has 6 nitrogen and oxygen atoms in total. The van der Waals surface area contributed by atoms with Gasteiger partial charge in [0, 0.05) is 58.0 Å². The summed E-state index contributed by atoms with van der Waals surface area (Å²) in [5, 5.41) is 2.70. The summed E-state index contributed by atoms with van der Waals surface area (Å²) >= 11 is 0. The molecule has 160 valence electrons. The van der Waals surface area contributed by atoms with Gasteiger partial charge >= 0.3 is 12.4 Å². The number of ether oxygens (including phenoxy) is 1. The Bertz CT molecular complexity index is 661. The Morgan fingerprint density at radius 3 is 2.21 bits per heavy atom. The molecule has 29 heavy (non-hydrogen) atoms. The van der Waals surface area contributed by atoms with Crippen LogP contribution in [0.3, 0.4) is 0 Å². The SMILES string of the molecule is C=CCN(CC=C)CCN1CCN(C(=O)Nc2ccc(OC(F)(F)F)cc2)CC1.